The van der Waals surface area contributed by atoms with Crippen LogP contribution in [0.25, 0.3) is 0 Å². The maximum Gasteiger partial charge on any atom is 0.425 e. The molecule has 0 fully saturated rings. The summed E-state index contributed by atoms with van der Waals surface area (Å²) in [6, 6.07) is -0.642. The van der Waals surface area contributed by atoms with Crippen molar-refractivity contribution in [1.29, 1.82) is 0 Å². The predicted octanol–water partition coefficient (Wildman–Crippen LogP) is 3.53. The average Bonchev–Trinajstić information content (AvgIpc) is 3.11. The minimum Gasteiger partial charge on any atom is -0.366 e. The molecule has 11 heteroatoms. The van der Waals surface area contributed by atoms with Gasteiger partial charge in [-0.25, -0.2) is 4.79 Å². The number of halogens is 3. The maximum absolute atomic E-state index is 13.5. The molecule has 0 aromatic carbocycles. The standard InChI is InChI=1S/C20H23F3N4O2S2/c21-20(22,23)17-12(10-5-6-25-8-15(10)31-17)7-26-19(29)27-13-9-30-14-4-2-1-3-11(14)16(13)18(24)28/h25H,1-9H2,(H2,24,28)(H2,26,27,29). The number of fused-ring (bicyclic) bond motifs is 1. The van der Waals surface area contributed by atoms with E-state index in [1.807, 2.05) is 0 Å². The molecule has 0 spiro atoms. The first-order chi connectivity index (χ1) is 14.8. The molecule has 0 atom stereocenters. The Bertz CT molecular complexity index is 982. The highest BCUT2D eigenvalue weighted by Crippen LogP contribution is 2.43. The maximum atomic E-state index is 13.5. The topological polar surface area (TPSA) is 96.2 Å². The van der Waals surface area contributed by atoms with Crippen molar-refractivity contribution in [3.63, 3.8) is 0 Å². The largest absolute Gasteiger partial charge is 0.425 e. The fraction of sp³-hybridized carbons (Fsp3) is 0.500. The molecule has 4 rings (SSSR count). The molecule has 0 radical (unpaired) electrons. The van der Waals surface area contributed by atoms with Crippen LogP contribution in [0.2, 0.25) is 0 Å². The molecule has 1 aromatic rings. The van der Waals surface area contributed by atoms with Crippen LogP contribution in [0, 0.1) is 0 Å². The second-order valence-electron chi connectivity index (χ2n) is 7.66. The minimum absolute atomic E-state index is 0.128. The zero-order chi connectivity index (χ0) is 22.2. The first-order valence-corrected chi connectivity index (χ1v) is 11.9. The van der Waals surface area contributed by atoms with E-state index in [0.29, 0.717) is 47.0 Å². The van der Waals surface area contributed by atoms with Crippen molar-refractivity contribution < 1.29 is 22.8 Å². The number of hydrogen-bond donors (Lipinski definition) is 4. The van der Waals surface area contributed by atoms with E-state index >= 15 is 0 Å². The zero-order valence-electron chi connectivity index (χ0n) is 16.7. The Morgan fingerprint density at radius 3 is 2.68 bits per heavy atom. The Labute approximate surface area is 185 Å². The van der Waals surface area contributed by atoms with E-state index in [2.05, 4.69) is 16.0 Å². The lowest BCUT2D eigenvalue weighted by molar-refractivity contribution is -0.135. The molecular formula is C20H23F3N4O2S2. The van der Waals surface area contributed by atoms with Gasteiger partial charge >= 0.3 is 12.2 Å². The summed E-state index contributed by atoms with van der Waals surface area (Å²) in [5, 5.41) is 8.30. The first-order valence-electron chi connectivity index (χ1n) is 10.1. The molecule has 1 aliphatic carbocycles. The Kier molecular flexibility index (Phi) is 6.36. The van der Waals surface area contributed by atoms with Crippen LogP contribution in [0.15, 0.2) is 21.7 Å². The Morgan fingerprint density at radius 1 is 1.16 bits per heavy atom. The number of urea groups is 1. The van der Waals surface area contributed by atoms with Gasteiger partial charge in [-0.3, -0.25) is 4.79 Å². The van der Waals surface area contributed by atoms with Gasteiger partial charge in [-0.15, -0.1) is 23.1 Å². The molecule has 3 aliphatic rings. The molecule has 1 aromatic heterocycles. The van der Waals surface area contributed by atoms with Crippen molar-refractivity contribution in [3.8, 4) is 0 Å². The van der Waals surface area contributed by atoms with E-state index in [4.69, 9.17) is 5.73 Å². The van der Waals surface area contributed by atoms with Crippen LogP contribution < -0.4 is 21.7 Å². The molecule has 168 valence electrons. The number of carbonyl (C=O) groups is 2. The lowest BCUT2D eigenvalue weighted by atomic mass is 9.91. The first kappa shape index (κ1) is 22.2. The van der Waals surface area contributed by atoms with E-state index in [1.54, 1.807) is 11.8 Å². The van der Waals surface area contributed by atoms with Gasteiger partial charge in [0.05, 0.1) is 5.57 Å². The summed E-state index contributed by atoms with van der Waals surface area (Å²) < 4.78 is 40.6. The number of allylic oxidation sites excluding steroid dienone is 1. The summed E-state index contributed by atoms with van der Waals surface area (Å²) >= 11 is 2.31. The zero-order valence-corrected chi connectivity index (χ0v) is 18.3. The van der Waals surface area contributed by atoms with Crippen LogP contribution >= 0.6 is 23.1 Å². The van der Waals surface area contributed by atoms with Gasteiger partial charge in [0.15, 0.2) is 0 Å². The highest BCUT2D eigenvalue weighted by molar-refractivity contribution is 8.03. The van der Waals surface area contributed by atoms with Gasteiger partial charge in [0.2, 0.25) is 0 Å². The van der Waals surface area contributed by atoms with Crippen molar-refractivity contribution in [1.82, 2.24) is 16.0 Å². The van der Waals surface area contributed by atoms with Crippen LogP contribution in [0.1, 0.15) is 46.6 Å². The number of primary amides is 1. The quantitative estimate of drug-likeness (QED) is 0.539. The smallest absolute Gasteiger partial charge is 0.366 e. The number of alkyl halides is 3. The predicted molar refractivity (Wildman–Crippen MR) is 114 cm³/mol. The van der Waals surface area contributed by atoms with Gasteiger partial charge in [0.1, 0.15) is 4.88 Å². The normalized spacial score (nSPS) is 19.1. The molecule has 0 saturated carbocycles. The third-order valence-corrected chi connectivity index (χ3v) is 8.19. The highest BCUT2D eigenvalue weighted by atomic mass is 32.2. The summed E-state index contributed by atoms with van der Waals surface area (Å²) in [4.78, 5) is 25.8. The van der Waals surface area contributed by atoms with E-state index < -0.39 is 23.0 Å². The summed E-state index contributed by atoms with van der Waals surface area (Å²) in [5.74, 6) is -0.193. The molecular weight excluding hydrogens is 449 g/mol. The lowest BCUT2D eigenvalue weighted by Crippen LogP contribution is -2.38. The molecule has 3 heterocycles. The fourth-order valence-electron chi connectivity index (χ4n) is 4.28. The Balaban J connectivity index is 1.52. The molecule has 6 nitrogen and oxygen atoms in total. The second-order valence-corrected chi connectivity index (χ2v) is 9.83. The highest BCUT2D eigenvalue weighted by Gasteiger charge is 2.38. The molecule has 5 N–H and O–H groups in total. The molecule has 0 bridgehead atoms. The van der Waals surface area contributed by atoms with Gasteiger partial charge in [-0.1, -0.05) is 0 Å². The van der Waals surface area contributed by atoms with Crippen LogP contribution in [0.4, 0.5) is 18.0 Å². The van der Waals surface area contributed by atoms with Gasteiger partial charge in [0.25, 0.3) is 5.91 Å². The number of thiophene rings is 1. The summed E-state index contributed by atoms with van der Waals surface area (Å²) in [6.45, 7) is 0.773. The van der Waals surface area contributed by atoms with Crippen molar-refractivity contribution in [3.05, 3.63) is 42.6 Å². The lowest BCUT2D eigenvalue weighted by Gasteiger charge is -2.28. The van der Waals surface area contributed by atoms with Crippen molar-refractivity contribution in [2.75, 3.05) is 12.3 Å². The SMILES string of the molecule is NC(=O)C1=C(NC(=O)NCc2c(C(F)(F)F)sc3c2CCNC3)CSC2=C1CCCC2. The molecule has 0 unspecified atom stereocenters. The second kappa shape index (κ2) is 8.87. The van der Waals surface area contributed by atoms with E-state index in [0.717, 1.165) is 47.5 Å². The molecule has 2 aliphatic heterocycles. The third kappa shape index (κ3) is 4.63. The summed E-state index contributed by atoms with van der Waals surface area (Å²) in [5.41, 5.74) is 8.05. The van der Waals surface area contributed by atoms with Gasteiger partial charge in [-0.05, 0) is 60.3 Å². The van der Waals surface area contributed by atoms with Gasteiger partial charge < -0.3 is 21.7 Å². The van der Waals surface area contributed by atoms with Crippen LogP contribution in [-0.4, -0.2) is 24.2 Å². The van der Waals surface area contributed by atoms with E-state index in [9.17, 15) is 22.8 Å². The molecule has 3 amide bonds. The molecule has 0 saturated heterocycles. The third-order valence-electron chi connectivity index (χ3n) is 5.64. The number of hydrogen-bond acceptors (Lipinski definition) is 5. The van der Waals surface area contributed by atoms with Crippen LogP contribution in [-0.2, 0) is 30.5 Å². The molecule has 31 heavy (non-hydrogen) atoms. The minimum atomic E-state index is -4.47. The van der Waals surface area contributed by atoms with E-state index in [1.165, 1.54) is 0 Å². The summed E-state index contributed by atoms with van der Waals surface area (Å²) in [6.07, 6.45) is -0.338. The number of amides is 3. The van der Waals surface area contributed by atoms with Gasteiger partial charge in [-0.2, -0.15) is 13.2 Å². The fourth-order valence-corrected chi connectivity index (χ4v) is 6.68. The average molecular weight is 473 g/mol. The Morgan fingerprint density at radius 2 is 1.94 bits per heavy atom. The van der Waals surface area contributed by atoms with Crippen molar-refractivity contribution >= 4 is 35.0 Å². The number of nitrogens with one attached hydrogen (secondary N) is 3. The van der Waals surface area contributed by atoms with Crippen LogP contribution in [0.3, 0.4) is 0 Å². The number of rotatable bonds is 4. The van der Waals surface area contributed by atoms with Crippen molar-refractivity contribution in [2.24, 2.45) is 5.73 Å². The number of thioether (sulfide) groups is 1. The Hall–Kier alpha value is -1.98. The number of nitrogens with two attached hydrogens (primary N) is 1. The van der Waals surface area contributed by atoms with Gasteiger partial charge in [0, 0.05) is 29.4 Å². The number of carbonyl (C=O) groups excluding carboxylic acids is 2. The van der Waals surface area contributed by atoms with Crippen molar-refractivity contribution in [2.45, 2.75) is 51.4 Å². The monoisotopic (exact) mass is 472 g/mol. The summed E-state index contributed by atoms with van der Waals surface area (Å²) in [7, 11) is 0. The van der Waals surface area contributed by atoms with E-state index in [-0.39, 0.29) is 12.1 Å². The van der Waals surface area contributed by atoms with Crippen LogP contribution in [0.5, 0.6) is 0 Å².